The van der Waals surface area contributed by atoms with Crippen molar-refractivity contribution in [3.63, 3.8) is 0 Å². The first-order valence-corrected chi connectivity index (χ1v) is 7.67. The molecule has 1 heterocycles. The van der Waals surface area contributed by atoms with Gasteiger partial charge in [-0.2, -0.15) is 0 Å². The fourth-order valence-corrected chi connectivity index (χ4v) is 1.99. The quantitative estimate of drug-likeness (QED) is 0.888. The Morgan fingerprint density at radius 1 is 1.29 bits per heavy atom. The van der Waals surface area contributed by atoms with Gasteiger partial charge >= 0.3 is 6.09 Å². The van der Waals surface area contributed by atoms with E-state index >= 15 is 0 Å². The molecule has 0 fully saturated rings. The number of rotatable bonds is 4. The molecule has 24 heavy (non-hydrogen) atoms. The summed E-state index contributed by atoms with van der Waals surface area (Å²) in [5, 5.41) is 2.70. The van der Waals surface area contributed by atoms with Crippen molar-refractivity contribution in [3.05, 3.63) is 47.7 Å². The SMILES string of the molecule is Cc1cnc(N)c(OCc2cccc(NC(=O)OC(C)(C)C)c2)c1. The smallest absolute Gasteiger partial charge is 0.412 e. The number of ether oxygens (including phenoxy) is 2. The van der Waals surface area contributed by atoms with E-state index in [9.17, 15) is 4.79 Å². The Bertz CT molecular complexity index is 724. The summed E-state index contributed by atoms with van der Waals surface area (Å²) in [6.45, 7) is 7.69. The number of anilines is 2. The Labute approximate surface area is 142 Å². The highest BCUT2D eigenvalue weighted by Gasteiger charge is 2.16. The molecule has 1 amide bonds. The first-order chi connectivity index (χ1) is 11.2. The molecular weight excluding hydrogens is 306 g/mol. The van der Waals surface area contributed by atoms with E-state index < -0.39 is 11.7 Å². The number of benzene rings is 1. The van der Waals surface area contributed by atoms with Crippen molar-refractivity contribution < 1.29 is 14.3 Å². The molecule has 0 unspecified atom stereocenters. The maximum absolute atomic E-state index is 11.8. The minimum Gasteiger partial charge on any atom is -0.485 e. The second kappa shape index (κ2) is 7.21. The van der Waals surface area contributed by atoms with Gasteiger partial charge in [0.05, 0.1) is 0 Å². The van der Waals surface area contributed by atoms with E-state index in [4.69, 9.17) is 15.2 Å². The van der Waals surface area contributed by atoms with Crippen LogP contribution in [0.15, 0.2) is 36.5 Å². The first-order valence-electron chi connectivity index (χ1n) is 7.67. The van der Waals surface area contributed by atoms with Gasteiger partial charge < -0.3 is 15.2 Å². The maximum atomic E-state index is 11.8. The third-order valence-electron chi connectivity index (χ3n) is 2.99. The summed E-state index contributed by atoms with van der Waals surface area (Å²) < 4.78 is 10.9. The molecule has 1 aromatic carbocycles. The van der Waals surface area contributed by atoms with Gasteiger partial charge in [-0.05, 0) is 57.0 Å². The number of hydrogen-bond donors (Lipinski definition) is 2. The maximum Gasteiger partial charge on any atom is 0.412 e. The standard InChI is InChI=1S/C18H23N3O3/c1-12-8-15(16(19)20-10-12)23-11-13-6-5-7-14(9-13)21-17(22)24-18(2,3)4/h5-10H,11H2,1-4H3,(H2,19,20)(H,21,22). The molecule has 0 aliphatic carbocycles. The molecule has 6 nitrogen and oxygen atoms in total. The number of pyridine rings is 1. The zero-order chi connectivity index (χ0) is 17.7. The summed E-state index contributed by atoms with van der Waals surface area (Å²) in [6.07, 6.45) is 1.20. The predicted octanol–water partition coefficient (Wildman–Crippen LogP) is 3.90. The summed E-state index contributed by atoms with van der Waals surface area (Å²) in [7, 11) is 0. The molecule has 0 aliphatic rings. The zero-order valence-corrected chi connectivity index (χ0v) is 14.4. The fraction of sp³-hybridized carbons (Fsp3) is 0.333. The second-order valence-corrected chi connectivity index (χ2v) is 6.51. The molecule has 6 heteroatoms. The van der Waals surface area contributed by atoms with Gasteiger partial charge in [-0.1, -0.05) is 12.1 Å². The molecule has 0 bridgehead atoms. The molecular formula is C18H23N3O3. The number of nitrogens with two attached hydrogens (primary N) is 1. The predicted molar refractivity (Wildman–Crippen MR) is 94.0 cm³/mol. The van der Waals surface area contributed by atoms with Crippen molar-refractivity contribution in [1.29, 1.82) is 0 Å². The number of hydrogen-bond acceptors (Lipinski definition) is 5. The van der Waals surface area contributed by atoms with Crippen molar-refractivity contribution >= 4 is 17.6 Å². The van der Waals surface area contributed by atoms with E-state index in [0.717, 1.165) is 11.1 Å². The molecule has 0 saturated heterocycles. The first kappa shape index (κ1) is 17.6. The summed E-state index contributed by atoms with van der Waals surface area (Å²) in [5.74, 6) is 0.893. The number of aryl methyl sites for hydroxylation is 1. The number of amides is 1. The lowest BCUT2D eigenvalue weighted by molar-refractivity contribution is 0.0636. The minimum absolute atomic E-state index is 0.319. The Morgan fingerprint density at radius 2 is 2.04 bits per heavy atom. The van der Waals surface area contributed by atoms with Crippen molar-refractivity contribution in [1.82, 2.24) is 4.98 Å². The summed E-state index contributed by atoms with van der Waals surface area (Å²) in [4.78, 5) is 15.9. The number of aromatic nitrogens is 1. The molecule has 0 aliphatic heterocycles. The van der Waals surface area contributed by atoms with Gasteiger partial charge in [0.15, 0.2) is 11.6 Å². The van der Waals surface area contributed by atoms with Crippen molar-refractivity contribution in [2.75, 3.05) is 11.1 Å². The third kappa shape index (κ3) is 5.46. The zero-order valence-electron chi connectivity index (χ0n) is 14.4. The van der Waals surface area contributed by atoms with E-state index in [-0.39, 0.29) is 0 Å². The lowest BCUT2D eigenvalue weighted by Crippen LogP contribution is -2.27. The minimum atomic E-state index is -0.541. The topological polar surface area (TPSA) is 86.5 Å². The highest BCUT2D eigenvalue weighted by Crippen LogP contribution is 2.21. The Morgan fingerprint density at radius 3 is 2.75 bits per heavy atom. The van der Waals surface area contributed by atoms with Crippen LogP contribution in [0.2, 0.25) is 0 Å². The van der Waals surface area contributed by atoms with E-state index in [2.05, 4.69) is 10.3 Å². The molecule has 0 saturated carbocycles. The van der Waals surface area contributed by atoms with Crippen LogP contribution in [0, 0.1) is 6.92 Å². The molecule has 0 spiro atoms. The van der Waals surface area contributed by atoms with Crippen LogP contribution < -0.4 is 15.8 Å². The van der Waals surface area contributed by atoms with Crippen LogP contribution >= 0.6 is 0 Å². The molecule has 2 aromatic rings. The van der Waals surface area contributed by atoms with E-state index in [0.29, 0.717) is 23.9 Å². The normalized spacial score (nSPS) is 11.0. The number of nitrogens with one attached hydrogen (secondary N) is 1. The summed E-state index contributed by atoms with van der Waals surface area (Å²) >= 11 is 0. The Hall–Kier alpha value is -2.76. The lowest BCUT2D eigenvalue weighted by atomic mass is 10.2. The molecule has 2 rings (SSSR count). The van der Waals surface area contributed by atoms with Gasteiger partial charge in [0.1, 0.15) is 12.2 Å². The van der Waals surface area contributed by atoms with Gasteiger partial charge in [0.25, 0.3) is 0 Å². The number of carbonyl (C=O) groups is 1. The highest BCUT2D eigenvalue weighted by atomic mass is 16.6. The van der Waals surface area contributed by atoms with E-state index in [1.807, 2.05) is 52.0 Å². The van der Waals surface area contributed by atoms with Crippen LogP contribution in [-0.4, -0.2) is 16.7 Å². The molecule has 0 atom stereocenters. The van der Waals surface area contributed by atoms with Crippen molar-refractivity contribution in [2.24, 2.45) is 0 Å². The molecule has 0 radical (unpaired) electrons. The van der Waals surface area contributed by atoms with Crippen molar-refractivity contribution in [2.45, 2.75) is 39.9 Å². The van der Waals surface area contributed by atoms with Crippen LogP contribution in [0.1, 0.15) is 31.9 Å². The lowest BCUT2D eigenvalue weighted by Gasteiger charge is -2.19. The molecule has 128 valence electrons. The van der Waals surface area contributed by atoms with Crippen LogP contribution in [0.5, 0.6) is 5.75 Å². The van der Waals surface area contributed by atoms with Crippen molar-refractivity contribution in [3.8, 4) is 5.75 Å². The number of nitrogen functional groups attached to an aromatic ring is 1. The van der Waals surface area contributed by atoms with Crippen LogP contribution in [0.25, 0.3) is 0 Å². The van der Waals surface area contributed by atoms with Gasteiger partial charge in [0.2, 0.25) is 0 Å². The Balaban J connectivity index is 2.00. The van der Waals surface area contributed by atoms with Gasteiger partial charge in [-0.3, -0.25) is 5.32 Å². The third-order valence-corrected chi connectivity index (χ3v) is 2.99. The van der Waals surface area contributed by atoms with E-state index in [1.54, 1.807) is 12.3 Å². The van der Waals surface area contributed by atoms with Gasteiger partial charge in [-0.25, -0.2) is 9.78 Å². The largest absolute Gasteiger partial charge is 0.485 e. The summed E-state index contributed by atoms with van der Waals surface area (Å²) in [5.41, 5.74) is 7.76. The van der Waals surface area contributed by atoms with Crippen LogP contribution in [0.4, 0.5) is 16.3 Å². The number of nitrogens with zero attached hydrogens (tertiary/aromatic N) is 1. The van der Waals surface area contributed by atoms with Crippen LogP contribution in [0.3, 0.4) is 0 Å². The average molecular weight is 329 g/mol. The van der Waals surface area contributed by atoms with Crippen LogP contribution in [-0.2, 0) is 11.3 Å². The van der Waals surface area contributed by atoms with Gasteiger partial charge in [0, 0.05) is 11.9 Å². The number of carbonyl (C=O) groups excluding carboxylic acids is 1. The molecule has 1 aromatic heterocycles. The fourth-order valence-electron chi connectivity index (χ4n) is 1.99. The molecule has 3 N–H and O–H groups in total. The van der Waals surface area contributed by atoms with Gasteiger partial charge in [-0.15, -0.1) is 0 Å². The monoisotopic (exact) mass is 329 g/mol. The summed E-state index contributed by atoms with van der Waals surface area (Å²) in [6, 6.07) is 9.19. The Kier molecular flexibility index (Phi) is 5.28. The highest BCUT2D eigenvalue weighted by molar-refractivity contribution is 5.84. The second-order valence-electron chi connectivity index (χ2n) is 6.51. The average Bonchev–Trinajstić information content (AvgIpc) is 2.46. The van der Waals surface area contributed by atoms with E-state index in [1.165, 1.54) is 0 Å².